The van der Waals surface area contributed by atoms with Crippen molar-refractivity contribution in [2.75, 3.05) is 33.3 Å². The summed E-state index contributed by atoms with van der Waals surface area (Å²) in [4.78, 5) is 2.30. The molecule has 2 rings (SSSR count). The molecule has 0 radical (unpaired) electrons. The molecule has 1 atom stereocenters. The van der Waals surface area contributed by atoms with Crippen LogP contribution in [0.4, 0.5) is 13.2 Å². The summed E-state index contributed by atoms with van der Waals surface area (Å²) in [6.45, 7) is 7.66. The number of nitrogens with one attached hydrogen (secondary N) is 1. The first-order valence-corrected chi connectivity index (χ1v) is 8.18. The fourth-order valence-electron chi connectivity index (χ4n) is 3.08. The Hall–Kier alpha value is -1.18. The number of rotatable bonds is 6. The summed E-state index contributed by atoms with van der Waals surface area (Å²) in [7, 11) is 1.54. The zero-order valence-corrected chi connectivity index (χ0v) is 15.5. The Labute approximate surface area is 153 Å². The van der Waals surface area contributed by atoms with Crippen LogP contribution in [0.1, 0.15) is 31.9 Å². The van der Waals surface area contributed by atoms with E-state index in [-0.39, 0.29) is 24.2 Å². The van der Waals surface area contributed by atoms with Crippen LogP contribution < -0.4 is 14.8 Å². The van der Waals surface area contributed by atoms with Crippen molar-refractivity contribution in [2.24, 2.45) is 5.92 Å². The van der Waals surface area contributed by atoms with E-state index in [2.05, 4.69) is 28.8 Å². The fourth-order valence-corrected chi connectivity index (χ4v) is 3.08. The number of hydrogen-bond donors (Lipinski definition) is 1. The molecule has 0 unspecified atom stereocenters. The van der Waals surface area contributed by atoms with Crippen LogP contribution in [0.15, 0.2) is 18.2 Å². The van der Waals surface area contributed by atoms with Gasteiger partial charge in [0, 0.05) is 37.8 Å². The molecule has 144 valence electrons. The second-order valence-electron chi connectivity index (χ2n) is 6.38. The Morgan fingerprint density at radius 3 is 2.36 bits per heavy atom. The first-order chi connectivity index (χ1) is 11.3. The van der Waals surface area contributed by atoms with Gasteiger partial charge in [0.2, 0.25) is 0 Å². The van der Waals surface area contributed by atoms with Crippen molar-refractivity contribution < 1.29 is 22.6 Å². The smallest absolute Gasteiger partial charge is 0.496 e. The van der Waals surface area contributed by atoms with Gasteiger partial charge in [0.1, 0.15) is 11.5 Å². The lowest BCUT2D eigenvalue weighted by Crippen LogP contribution is -2.45. The summed E-state index contributed by atoms with van der Waals surface area (Å²) in [5.74, 6) is 0.790. The maximum atomic E-state index is 12.5. The molecule has 0 bridgehead atoms. The number of hydrogen-bond acceptors (Lipinski definition) is 4. The number of alkyl halides is 3. The lowest BCUT2D eigenvalue weighted by Gasteiger charge is -2.36. The van der Waals surface area contributed by atoms with Crippen molar-refractivity contribution in [3.8, 4) is 11.5 Å². The van der Waals surface area contributed by atoms with Crippen LogP contribution in [-0.2, 0) is 0 Å². The maximum Gasteiger partial charge on any atom is 0.573 e. The maximum absolute atomic E-state index is 12.5. The lowest BCUT2D eigenvalue weighted by atomic mass is 9.94. The van der Waals surface area contributed by atoms with Crippen LogP contribution in [-0.4, -0.2) is 44.6 Å². The lowest BCUT2D eigenvalue weighted by molar-refractivity contribution is -0.274. The van der Waals surface area contributed by atoms with Crippen LogP contribution >= 0.6 is 12.4 Å². The van der Waals surface area contributed by atoms with Crippen molar-refractivity contribution in [1.82, 2.24) is 10.2 Å². The third-order valence-corrected chi connectivity index (χ3v) is 4.08. The highest BCUT2D eigenvalue weighted by atomic mass is 35.5. The molecule has 1 aromatic carbocycles. The van der Waals surface area contributed by atoms with Gasteiger partial charge in [-0.2, -0.15) is 0 Å². The molecule has 1 aliphatic rings. The Morgan fingerprint density at radius 1 is 1.20 bits per heavy atom. The van der Waals surface area contributed by atoms with Crippen LogP contribution in [0.2, 0.25) is 0 Å². The molecule has 1 aliphatic heterocycles. The van der Waals surface area contributed by atoms with Gasteiger partial charge < -0.3 is 14.8 Å². The molecule has 0 amide bonds. The van der Waals surface area contributed by atoms with Crippen LogP contribution in [0.25, 0.3) is 0 Å². The van der Waals surface area contributed by atoms with Crippen molar-refractivity contribution >= 4 is 12.4 Å². The zero-order valence-electron chi connectivity index (χ0n) is 14.7. The molecule has 0 aromatic heterocycles. The second-order valence-corrected chi connectivity index (χ2v) is 6.38. The quantitative estimate of drug-likeness (QED) is 0.806. The summed E-state index contributed by atoms with van der Waals surface area (Å²) >= 11 is 0. The molecule has 0 aliphatic carbocycles. The largest absolute Gasteiger partial charge is 0.573 e. The number of ether oxygens (including phenoxy) is 2. The summed E-state index contributed by atoms with van der Waals surface area (Å²) in [6, 6.07) is 4.30. The molecule has 1 N–H and O–H groups in total. The highest BCUT2D eigenvalue weighted by Crippen LogP contribution is 2.37. The minimum atomic E-state index is -4.70. The van der Waals surface area contributed by atoms with Gasteiger partial charge in [0.05, 0.1) is 7.11 Å². The van der Waals surface area contributed by atoms with Crippen molar-refractivity contribution in [3.63, 3.8) is 0 Å². The van der Waals surface area contributed by atoms with E-state index in [1.165, 1.54) is 19.2 Å². The summed E-state index contributed by atoms with van der Waals surface area (Å²) in [6.07, 6.45) is -3.86. The van der Waals surface area contributed by atoms with Crippen LogP contribution in [0.5, 0.6) is 11.5 Å². The van der Waals surface area contributed by atoms with Gasteiger partial charge in [-0.15, -0.1) is 25.6 Å². The van der Waals surface area contributed by atoms with Crippen LogP contribution in [0.3, 0.4) is 0 Å². The Kier molecular flexibility index (Phi) is 8.31. The standard InChI is InChI=1S/C17H25F3N2O2.ClH/c1-12(2)10-15(22-8-6-21-7-9-22)14-11-13(24-17(18,19)20)4-5-16(14)23-3;/h4-5,11-12,15,21H,6-10H2,1-3H3;1H/t15-;/m1./s1. The van der Waals surface area contributed by atoms with Gasteiger partial charge in [-0.25, -0.2) is 0 Å². The number of nitrogens with zero attached hydrogens (tertiary/aromatic N) is 1. The molecule has 1 aromatic rings. The summed E-state index contributed by atoms with van der Waals surface area (Å²) in [5.41, 5.74) is 0.745. The van der Waals surface area contributed by atoms with Gasteiger partial charge >= 0.3 is 6.36 Å². The Bertz CT molecular complexity index is 535. The van der Waals surface area contributed by atoms with Gasteiger partial charge in [-0.3, -0.25) is 4.90 Å². The van der Waals surface area contributed by atoms with Gasteiger partial charge in [0.15, 0.2) is 0 Å². The van der Waals surface area contributed by atoms with Gasteiger partial charge in [-0.05, 0) is 30.5 Å². The summed E-state index contributed by atoms with van der Waals surface area (Å²) in [5, 5.41) is 3.30. The number of piperazine rings is 1. The van der Waals surface area contributed by atoms with E-state index in [4.69, 9.17) is 4.74 Å². The van der Waals surface area contributed by atoms with Crippen LogP contribution in [0, 0.1) is 5.92 Å². The predicted octanol–water partition coefficient (Wildman–Crippen LogP) is 4.01. The second kappa shape index (κ2) is 9.50. The minimum Gasteiger partial charge on any atom is -0.496 e. The average molecular weight is 383 g/mol. The molecule has 8 heteroatoms. The fraction of sp³-hybridized carbons (Fsp3) is 0.647. The van der Waals surface area contributed by atoms with Crippen molar-refractivity contribution in [3.05, 3.63) is 23.8 Å². The average Bonchev–Trinajstić information content (AvgIpc) is 2.52. The third-order valence-electron chi connectivity index (χ3n) is 4.08. The molecule has 1 fully saturated rings. The molecule has 0 spiro atoms. The van der Waals surface area contributed by atoms with E-state index in [1.54, 1.807) is 6.07 Å². The molecule has 1 saturated heterocycles. The van der Waals surface area contributed by atoms with Crippen molar-refractivity contribution in [1.29, 1.82) is 0 Å². The molecule has 1 heterocycles. The molecular weight excluding hydrogens is 357 g/mol. The third kappa shape index (κ3) is 6.56. The van der Waals surface area contributed by atoms with E-state index in [9.17, 15) is 13.2 Å². The van der Waals surface area contributed by atoms with E-state index >= 15 is 0 Å². The monoisotopic (exact) mass is 382 g/mol. The van der Waals surface area contributed by atoms with Gasteiger partial charge in [0.25, 0.3) is 0 Å². The molecular formula is C17H26ClF3N2O2. The number of methoxy groups -OCH3 is 1. The Balaban J connectivity index is 0.00000312. The normalized spacial score (nSPS) is 17.1. The van der Waals surface area contributed by atoms with E-state index in [0.29, 0.717) is 11.7 Å². The van der Waals surface area contributed by atoms with E-state index in [0.717, 1.165) is 38.2 Å². The minimum absolute atomic E-state index is 0. The topological polar surface area (TPSA) is 33.7 Å². The predicted molar refractivity (Wildman–Crippen MR) is 93.6 cm³/mol. The first-order valence-electron chi connectivity index (χ1n) is 8.18. The SMILES string of the molecule is COc1ccc(OC(F)(F)F)cc1[C@@H](CC(C)C)N1CCNCC1.Cl. The molecule has 0 saturated carbocycles. The number of halogens is 4. The van der Waals surface area contributed by atoms with Crippen molar-refractivity contribution in [2.45, 2.75) is 32.7 Å². The Morgan fingerprint density at radius 2 is 1.84 bits per heavy atom. The highest BCUT2D eigenvalue weighted by molar-refractivity contribution is 5.85. The summed E-state index contributed by atoms with van der Waals surface area (Å²) < 4.78 is 47.2. The first kappa shape index (κ1) is 21.9. The van der Waals surface area contributed by atoms with E-state index < -0.39 is 6.36 Å². The molecule has 4 nitrogen and oxygen atoms in total. The van der Waals surface area contributed by atoms with Gasteiger partial charge in [-0.1, -0.05) is 13.8 Å². The number of benzene rings is 1. The zero-order chi connectivity index (χ0) is 17.7. The van der Waals surface area contributed by atoms with E-state index in [1.807, 2.05) is 0 Å². The molecule has 25 heavy (non-hydrogen) atoms. The highest BCUT2D eigenvalue weighted by Gasteiger charge is 2.32.